The van der Waals surface area contributed by atoms with E-state index >= 15 is 0 Å². The molecule has 0 radical (unpaired) electrons. The van der Waals surface area contributed by atoms with Gasteiger partial charge in [-0.1, -0.05) is 11.6 Å². The van der Waals surface area contributed by atoms with Crippen LogP contribution in [0.2, 0.25) is 5.15 Å². The topological polar surface area (TPSA) is 63.0 Å². The number of hydrazine groups is 1. The first-order valence-electron chi connectivity index (χ1n) is 3.11. The molecule has 0 aliphatic heterocycles. The highest BCUT2D eigenvalue weighted by Gasteiger charge is 1.95. The van der Waals surface area contributed by atoms with Gasteiger partial charge in [0.05, 0.1) is 0 Å². The Kier molecular flexibility index (Phi) is 3.21. The maximum Gasteiger partial charge on any atom is 0.185 e. The maximum atomic E-state index is 5.63. The van der Waals surface area contributed by atoms with Gasteiger partial charge in [0.1, 0.15) is 5.15 Å². The molecular formula is C6H7ClN4S. The summed E-state index contributed by atoms with van der Waals surface area (Å²) in [7, 11) is 0. The van der Waals surface area contributed by atoms with Crippen LogP contribution in [0.3, 0.4) is 0 Å². The molecule has 64 valence electrons. The smallest absolute Gasteiger partial charge is 0.185 e. The quantitative estimate of drug-likeness (QED) is 0.273. The number of halogens is 1. The van der Waals surface area contributed by atoms with E-state index in [0.717, 1.165) is 5.69 Å². The summed E-state index contributed by atoms with van der Waals surface area (Å²) < 4.78 is 0. The molecule has 0 amide bonds. The van der Waals surface area contributed by atoms with Gasteiger partial charge in [-0.2, -0.15) is 0 Å². The summed E-state index contributed by atoms with van der Waals surface area (Å²) in [6, 6.07) is 3.38. The van der Waals surface area contributed by atoms with Gasteiger partial charge in [-0.3, -0.25) is 0 Å². The van der Waals surface area contributed by atoms with E-state index in [1.807, 2.05) is 0 Å². The van der Waals surface area contributed by atoms with E-state index in [2.05, 4.69) is 15.7 Å². The van der Waals surface area contributed by atoms with E-state index in [1.165, 1.54) is 0 Å². The highest BCUT2D eigenvalue weighted by atomic mass is 35.5. The molecule has 0 atom stereocenters. The Morgan fingerprint density at radius 1 is 1.67 bits per heavy atom. The number of hydrogen-bond acceptors (Lipinski definition) is 3. The van der Waals surface area contributed by atoms with Gasteiger partial charge in [0.15, 0.2) is 5.11 Å². The zero-order valence-electron chi connectivity index (χ0n) is 6.04. The molecule has 4 N–H and O–H groups in total. The van der Waals surface area contributed by atoms with Crippen LogP contribution in [0.25, 0.3) is 0 Å². The minimum atomic E-state index is 0.331. The average Bonchev–Trinajstić information content (AvgIpc) is 2.04. The van der Waals surface area contributed by atoms with Crippen LogP contribution in [-0.2, 0) is 0 Å². The first-order chi connectivity index (χ1) is 5.72. The van der Waals surface area contributed by atoms with Crippen LogP contribution >= 0.6 is 23.8 Å². The summed E-state index contributed by atoms with van der Waals surface area (Å²) in [5.74, 6) is 5.06. The number of nitrogens with two attached hydrogens (primary N) is 1. The molecule has 0 bridgehead atoms. The van der Waals surface area contributed by atoms with E-state index in [0.29, 0.717) is 10.3 Å². The van der Waals surface area contributed by atoms with Gasteiger partial charge in [0.25, 0.3) is 0 Å². The summed E-state index contributed by atoms with van der Waals surface area (Å²) in [6.07, 6.45) is 1.57. The standard InChI is InChI=1S/C6H7ClN4S/c7-5-3-4(1-2-9-5)10-6(12)11-8/h1-3H,8H2,(H2,9,10,11,12). The second kappa shape index (κ2) is 4.20. The van der Waals surface area contributed by atoms with Gasteiger partial charge < -0.3 is 10.7 Å². The van der Waals surface area contributed by atoms with Gasteiger partial charge in [-0.15, -0.1) is 0 Å². The minimum Gasteiger partial charge on any atom is -0.332 e. The number of aromatic nitrogens is 1. The lowest BCUT2D eigenvalue weighted by atomic mass is 10.4. The van der Waals surface area contributed by atoms with Crippen molar-refractivity contribution < 1.29 is 0 Å². The van der Waals surface area contributed by atoms with E-state index in [9.17, 15) is 0 Å². The summed E-state index contributed by atoms with van der Waals surface area (Å²) in [4.78, 5) is 3.80. The van der Waals surface area contributed by atoms with Gasteiger partial charge in [-0.05, 0) is 24.4 Å². The fourth-order valence-electron chi connectivity index (χ4n) is 0.647. The van der Waals surface area contributed by atoms with Crippen LogP contribution in [0.4, 0.5) is 5.69 Å². The molecule has 1 rings (SSSR count). The highest BCUT2D eigenvalue weighted by Crippen LogP contribution is 2.11. The van der Waals surface area contributed by atoms with Crippen molar-refractivity contribution in [2.45, 2.75) is 0 Å². The van der Waals surface area contributed by atoms with Crippen LogP contribution in [0.15, 0.2) is 18.3 Å². The lowest BCUT2D eigenvalue weighted by molar-refractivity contribution is 1.04. The molecule has 0 saturated heterocycles. The molecule has 1 aromatic rings. The number of rotatable bonds is 1. The molecular weight excluding hydrogens is 196 g/mol. The molecule has 0 aromatic carbocycles. The van der Waals surface area contributed by atoms with E-state index in [4.69, 9.17) is 29.7 Å². The molecule has 4 nitrogen and oxygen atoms in total. The first-order valence-corrected chi connectivity index (χ1v) is 3.90. The zero-order valence-corrected chi connectivity index (χ0v) is 7.62. The van der Waals surface area contributed by atoms with Crippen molar-refractivity contribution >= 4 is 34.6 Å². The van der Waals surface area contributed by atoms with Gasteiger partial charge in [0.2, 0.25) is 0 Å². The van der Waals surface area contributed by atoms with Crippen molar-refractivity contribution in [1.82, 2.24) is 10.4 Å². The Morgan fingerprint density at radius 3 is 3.00 bits per heavy atom. The molecule has 0 aliphatic rings. The highest BCUT2D eigenvalue weighted by molar-refractivity contribution is 7.80. The van der Waals surface area contributed by atoms with Crippen molar-refractivity contribution in [3.63, 3.8) is 0 Å². The van der Waals surface area contributed by atoms with Crippen molar-refractivity contribution in [2.24, 2.45) is 5.84 Å². The fourth-order valence-corrected chi connectivity index (χ4v) is 0.939. The summed E-state index contributed by atoms with van der Waals surface area (Å²) in [5.41, 5.74) is 3.04. The average molecular weight is 203 g/mol. The molecule has 6 heteroatoms. The SMILES string of the molecule is NNC(=S)Nc1ccnc(Cl)c1. The largest absolute Gasteiger partial charge is 0.332 e. The van der Waals surface area contributed by atoms with Crippen LogP contribution in [-0.4, -0.2) is 10.1 Å². The monoisotopic (exact) mass is 202 g/mol. The van der Waals surface area contributed by atoms with Crippen LogP contribution in [0.5, 0.6) is 0 Å². The van der Waals surface area contributed by atoms with Crippen molar-refractivity contribution in [3.8, 4) is 0 Å². The van der Waals surface area contributed by atoms with Crippen LogP contribution in [0, 0.1) is 0 Å². The molecule has 1 heterocycles. The van der Waals surface area contributed by atoms with Gasteiger partial charge in [-0.25, -0.2) is 10.8 Å². The van der Waals surface area contributed by atoms with Crippen LogP contribution in [0.1, 0.15) is 0 Å². The summed E-state index contributed by atoms with van der Waals surface area (Å²) in [6.45, 7) is 0. The number of pyridine rings is 1. The lowest BCUT2D eigenvalue weighted by Gasteiger charge is -2.05. The first kappa shape index (κ1) is 9.18. The van der Waals surface area contributed by atoms with Crippen molar-refractivity contribution in [3.05, 3.63) is 23.5 Å². The molecule has 0 unspecified atom stereocenters. The third-order valence-electron chi connectivity index (χ3n) is 1.12. The molecule has 12 heavy (non-hydrogen) atoms. The Hall–Kier alpha value is -0.910. The summed E-state index contributed by atoms with van der Waals surface area (Å²) in [5, 5.41) is 3.54. The maximum absolute atomic E-state index is 5.63. The molecule has 1 aromatic heterocycles. The molecule has 0 spiro atoms. The Bertz CT molecular complexity index is 291. The van der Waals surface area contributed by atoms with Gasteiger partial charge in [0, 0.05) is 11.9 Å². The second-order valence-electron chi connectivity index (χ2n) is 1.97. The van der Waals surface area contributed by atoms with Crippen LogP contribution < -0.4 is 16.6 Å². The Balaban J connectivity index is 2.69. The van der Waals surface area contributed by atoms with Crippen molar-refractivity contribution in [2.75, 3.05) is 5.32 Å². The van der Waals surface area contributed by atoms with Gasteiger partial charge >= 0.3 is 0 Å². The number of anilines is 1. The third-order valence-corrected chi connectivity index (χ3v) is 1.54. The number of nitrogens with zero attached hydrogens (tertiary/aromatic N) is 1. The number of hydrogen-bond donors (Lipinski definition) is 3. The molecule has 0 saturated carbocycles. The Morgan fingerprint density at radius 2 is 2.42 bits per heavy atom. The number of nitrogens with one attached hydrogen (secondary N) is 2. The van der Waals surface area contributed by atoms with Crippen molar-refractivity contribution in [1.29, 1.82) is 0 Å². The summed E-state index contributed by atoms with van der Waals surface area (Å²) >= 11 is 10.4. The zero-order chi connectivity index (χ0) is 8.97. The lowest BCUT2D eigenvalue weighted by Crippen LogP contribution is -2.34. The van der Waals surface area contributed by atoms with E-state index in [-0.39, 0.29) is 0 Å². The predicted octanol–water partition coefficient (Wildman–Crippen LogP) is 0.895. The minimum absolute atomic E-state index is 0.331. The van der Waals surface area contributed by atoms with E-state index in [1.54, 1.807) is 18.3 Å². The fraction of sp³-hybridized carbons (Fsp3) is 0. The van der Waals surface area contributed by atoms with E-state index < -0.39 is 0 Å². The Labute approximate surface area is 80.1 Å². The second-order valence-corrected chi connectivity index (χ2v) is 2.76. The predicted molar refractivity (Wildman–Crippen MR) is 52.8 cm³/mol. The third kappa shape index (κ3) is 2.61. The normalized spacial score (nSPS) is 9.17. The molecule has 0 fully saturated rings. The molecule has 0 aliphatic carbocycles. The number of thiocarbonyl (C=S) groups is 1.